The number of halogens is 3. The molecular weight excluding hydrogens is 374 g/mol. The average Bonchev–Trinajstić information content (AvgIpc) is 2.51. The van der Waals surface area contributed by atoms with Crippen LogP contribution >= 0.6 is 23.2 Å². The van der Waals surface area contributed by atoms with Gasteiger partial charge in [0.1, 0.15) is 10.5 Å². The summed E-state index contributed by atoms with van der Waals surface area (Å²) in [7, 11) is 0. The Balaban J connectivity index is 2.44. The van der Waals surface area contributed by atoms with Gasteiger partial charge in [-0.25, -0.2) is 4.39 Å². The fourth-order valence-electron chi connectivity index (χ4n) is 2.75. The zero-order valence-corrected chi connectivity index (χ0v) is 16.3. The van der Waals surface area contributed by atoms with Crippen molar-refractivity contribution in [1.82, 2.24) is 10.0 Å². The highest BCUT2D eigenvalue weighted by molar-refractivity contribution is 7.90. The van der Waals surface area contributed by atoms with Crippen molar-refractivity contribution < 1.29 is 14.0 Å². The third-order valence-electron chi connectivity index (χ3n) is 4.13. The van der Waals surface area contributed by atoms with Crippen molar-refractivity contribution in [2.24, 2.45) is 5.92 Å². The second kappa shape index (κ2) is 7.98. The number of hydrogen-bond donors (Lipinski definition) is 3. The molecule has 24 heavy (non-hydrogen) atoms. The summed E-state index contributed by atoms with van der Waals surface area (Å²) in [5.41, 5.74) is 0.0360. The Bertz CT molecular complexity index is 592. The third kappa shape index (κ3) is 4.48. The van der Waals surface area contributed by atoms with Gasteiger partial charge in [-0.05, 0) is 52.6 Å². The summed E-state index contributed by atoms with van der Waals surface area (Å²) >= 11 is 10.3. The van der Waals surface area contributed by atoms with Crippen molar-refractivity contribution in [3.05, 3.63) is 27.5 Å². The molecule has 0 amide bonds. The fraction of sp³-hybridized carbons (Fsp3) is 0.625. The van der Waals surface area contributed by atoms with Crippen molar-refractivity contribution in [1.29, 1.82) is 0 Å². The lowest BCUT2D eigenvalue weighted by atomic mass is 9.86. The van der Waals surface area contributed by atoms with Gasteiger partial charge in [0.15, 0.2) is 5.82 Å². The van der Waals surface area contributed by atoms with Gasteiger partial charge in [0.25, 0.3) is 0 Å². The van der Waals surface area contributed by atoms with E-state index in [2.05, 4.69) is 10.0 Å². The molecule has 2 atom stereocenters. The normalized spacial score (nSPS) is 19.3. The molecule has 2 rings (SSSR count). The van der Waals surface area contributed by atoms with E-state index in [-0.39, 0.29) is 27.3 Å². The lowest BCUT2D eigenvalue weighted by Gasteiger charge is -2.34. The molecule has 8 heteroatoms. The topological polar surface area (TPSA) is 67.3 Å². The van der Waals surface area contributed by atoms with E-state index < -0.39 is 28.0 Å². The monoisotopic (exact) mass is 396 g/mol. The molecule has 0 aliphatic carbocycles. The Morgan fingerprint density at radius 1 is 1.38 bits per heavy atom. The van der Waals surface area contributed by atoms with Gasteiger partial charge in [-0.1, -0.05) is 23.2 Å². The second-order valence-electron chi connectivity index (χ2n) is 6.98. The first-order chi connectivity index (χ1) is 11.1. The Labute approximate surface area is 155 Å². The Morgan fingerprint density at radius 2 is 1.96 bits per heavy atom. The van der Waals surface area contributed by atoms with Crippen molar-refractivity contribution in [2.45, 2.75) is 44.4 Å². The smallest absolute Gasteiger partial charge is 0.151 e. The molecule has 1 heterocycles. The maximum absolute atomic E-state index is 14.7. The minimum atomic E-state index is -1.42. The maximum atomic E-state index is 14.7. The van der Waals surface area contributed by atoms with Crippen LogP contribution in [-0.4, -0.2) is 27.5 Å². The summed E-state index contributed by atoms with van der Waals surface area (Å²) in [6, 6.07) is 0.625. The molecular formula is C16H23Cl2FN2O2S. The second-order valence-corrected chi connectivity index (χ2v) is 9.77. The zero-order valence-electron chi connectivity index (χ0n) is 14.0. The molecule has 0 unspecified atom stereocenters. The van der Waals surface area contributed by atoms with E-state index in [1.807, 2.05) is 20.8 Å². The van der Waals surface area contributed by atoms with Gasteiger partial charge >= 0.3 is 0 Å². The van der Waals surface area contributed by atoms with Crippen LogP contribution in [0.4, 0.5) is 4.39 Å². The highest BCUT2D eigenvalue weighted by atomic mass is 35.5. The molecule has 136 valence electrons. The summed E-state index contributed by atoms with van der Waals surface area (Å²) in [4.78, 5) is 0. The average molecular weight is 397 g/mol. The van der Waals surface area contributed by atoms with Gasteiger partial charge in [0, 0.05) is 17.4 Å². The van der Waals surface area contributed by atoms with Crippen molar-refractivity contribution in [2.75, 3.05) is 13.1 Å². The number of phenols is 1. The molecule has 0 spiro atoms. The van der Waals surface area contributed by atoms with Crippen LogP contribution in [0.25, 0.3) is 0 Å². The van der Waals surface area contributed by atoms with E-state index in [0.717, 1.165) is 25.9 Å². The van der Waals surface area contributed by atoms with Crippen molar-refractivity contribution in [3.8, 4) is 5.75 Å². The number of nitrogens with one attached hydrogen (secondary N) is 2. The Hall–Kier alpha value is -0.240. The quantitative estimate of drug-likeness (QED) is 0.532. The SMILES string of the molecule is CC(C)(C)[S@+]([O-])N[C@@H](c1c(O)cc(Cl)c(Cl)c1F)C1CCNCC1. The molecule has 1 aliphatic rings. The van der Waals surface area contributed by atoms with Crippen LogP contribution < -0.4 is 10.0 Å². The molecule has 0 bridgehead atoms. The number of aromatic hydroxyl groups is 1. The van der Waals surface area contributed by atoms with E-state index in [1.54, 1.807) is 0 Å². The molecule has 0 aromatic heterocycles. The van der Waals surface area contributed by atoms with E-state index in [4.69, 9.17) is 23.2 Å². The van der Waals surface area contributed by atoms with E-state index >= 15 is 0 Å². The first kappa shape index (κ1) is 20.1. The van der Waals surface area contributed by atoms with Crippen LogP contribution in [0.5, 0.6) is 5.75 Å². The van der Waals surface area contributed by atoms with Gasteiger partial charge in [-0.3, -0.25) is 0 Å². The first-order valence-corrected chi connectivity index (χ1v) is 9.78. The molecule has 0 radical (unpaired) electrons. The summed E-state index contributed by atoms with van der Waals surface area (Å²) in [5.74, 6) is -1.01. The van der Waals surface area contributed by atoms with Crippen LogP contribution in [0.2, 0.25) is 10.0 Å². The molecule has 3 N–H and O–H groups in total. The standard InChI is InChI=1S/C16H23Cl2FN2O2S/c1-16(2,3)24(23)21-15(9-4-6-20-7-5-9)12-11(22)8-10(17)13(18)14(12)19/h8-9,15,20-22H,4-7H2,1-3H3/t15-,24+/m1/s1. The molecule has 4 nitrogen and oxygen atoms in total. The van der Waals surface area contributed by atoms with E-state index in [9.17, 15) is 14.0 Å². The summed E-state index contributed by atoms with van der Waals surface area (Å²) in [6.07, 6.45) is 1.55. The third-order valence-corrected chi connectivity index (χ3v) is 6.48. The molecule has 1 aromatic carbocycles. The highest BCUT2D eigenvalue weighted by Crippen LogP contribution is 2.41. The number of phenolic OH excluding ortho intramolecular Hbond substituents is 1. The summed E-state index contributed by atoms with van der Waals surface area (Å²) in [6.45, 7) is 7.07. The van der Waals surface area contributed by atoms with Crippen LogP contribution in [0.3, 0.4) is 0 Å². The number of hydrogen-bond acceptors (Lipinski definition) is 4. The minimum absolute atomic E-state index is 0.0233. The predicted molar refractivity (Wildman–Crippen MR) is 97.5 cm³/mol. The van der Waals surface area contributed by atoms with Gasteiger partial charge in [0.05, 0.1) is 21.7 Å². The Kier molecular flexibility index (Phi) is 6.67. The molecule has 1 fully saturated rings. The maximum Gasteiger partial charge on any atom is 0.151 e. The number of benzene rings is 1. The van der Waals surface area contributed by atoms with Crippen molar-refractivity contribution in [3.63, 3.8) is 0 Å². The van der Waals surface area contributed by atoms with Gasteiger partial charge in [-0.2, -0.15) is 0 Å². The number of rotatable bonds is 4. The fourth-order valence-corrected chi connectivity index (χ4v) is 3.99. The first-order valence-electron chi connectivity index (χ1n) is 7.88. The number of piperidine rings is 1. The van der Waals surface area contributed by atoms with Crippen molar-refractivity contribution >= 4 is 34.6 Å². The van der Waals surface area contributed by atoms with E-state index in [1.165, 1.54) is 6.07 Å². The van der Waals surface area contributed by atoms with Gasteiger partial charge < -0.3 is 15.0 Å². The zero-order chi connectivity index (χ0) is 18.1. The van der Waals surface area contributed by atoms with Gasteiger partial charge in [-0.15, -0.1) is 4.72 Å². The summed E-state index contributed by atoms with van der Waals surface area (Å²) in [5, 5.41) is 13.2. The van der Waals surface area contributed by atoms with Crippen LogP contribution in [0.15, 0.2) is 6.07 Å². The molecule has 1 aromatic rings. The van der Waals surface area contributed by atoms with Crippen LogP contribution in [-0.2, 0) is 11.4 Å². The summed E-state index contributed by atoms with van der Waals surface area (Å²) < 4.78 is 29.8. The molecule has 1 aliphatic heterocycles. The predicted octanol–water partition coefficient (Wildman–Crippen LogP) is 3.93. The molecule has 0 saturated carbocycles. The van der Waals surface area contributed by atoms with E-state index in [0.29, 0.717) is 0 Å². The minimum Gasteiger partial charge on any atom is -0.598 e. The molecule has 1 saturated heterocycles. The highest BCUT2D eigenvalue weighted by Gasteiger charge is 2.37. The largest absolute Gasteiger partial charge is 0.598 e. The van der Waals surface area contributed by atoms with Crippen LogP contribution in [0, 0.1) is 11.7 Å². The lowest BCUT2D eigenvalue weighted by Crippen LogP contribution is -2.45. The Morgan fingerprint density at radius 3 is 2.50 bits per heavy atom. The van der Waals surface area contributed by atoms with Gasteiger partial charge in [0.2, 0.25) is 0 Å². The lowest BCUT2D eigenvalue weighted by molar-refractivity contribution is 0.293. The van der Waals surface area contributed by atoms with Crippen LogP contribution in [0.1, 0.15) is 45.2 Å².